The van der Waals surface area contributed by atoms with Crippen molar-refractivity contribution < 1.29 is 5.11 Å². The van der Waals surface area contributed by atoms with Crippen LogP contribution in [0.5, 0.6) is 0 Å². The molecule has 0 atom stereocenters. The summed E-state index contributed by atoms with van der Waals surface area (Å²) >= 11 is 1.59. The van der Waals surface area contributed by atoms with Crippen LogP contribution in [-0.2, 0) is 13.7 Å². The van der Waals surface area contributed by atoms with E-state index in [1.165, 1.54) is 0 Å². The van der Waals surface area contributed by atoms with Gasteiger partial charge >= 0.3 is 0 Å². The van der Waals surface area contributed by atoms with Gasteiger partial charge in [-0.25, -0.2) is 4.98 Å². The molecule has 0 aliphatic heterocycles. The van der Waals surface area contributed by atoms with E-state index < -0.39 is 0 Å². The quantitative estimate of drug-likeness (QED) is 0.904. The van der Waals surface area contributed by atoms with E-state index in [0.29, 0.717) is 0 Å². The maximum Gasteiger partial charge on any atom is 0.105 e. The molecule has 2 rings (SSSR count). The number of pyridine rings is 1. The summed E-state index contributed by atoms with van der Waals surface area (Å²) < 4.78 is 1.85. The van der Waals surface area contributed by atoms with Crippen LogP contribution in [0.15, 0.2) is 28.4 Å². The lowest BCUT2D eigenvalue weighted by Gasteiger charge is -2.05. The van der Waals surface area contributed by atoms with Gasteiger partial charge in [0.05, 0.1) is 12.3 Å². The van der Waals surface area contributed by atoms with Crippen LogP contribution in [0.3, 0.4) is 0 Å². The Labute approximate surface area is 105 Å². The highest BCUT2D eigenvalue weighted by atomic mass is 32.2. The van der Waals surface area contributed by atoms with Gasteiger partial charge in [-0.2, -0.15) is 5.10 Å². The topological polar surface area (TPSA) is 50.9 Å². The van der Waals surface area contributed by atoms with Gasteiger partial charge in [-0.05, 0) is 37.1 Å². The Kier molecular flexibility index (Phi) is 3.49. The van der Waals surface area contributed by atoms with Crippen molar-refractivity contribution >= 4 is 11.8 Å². The molecule has 5 heteroatoms. The molecule has 0 radical (unpaired) electrons. The number of rotatable bonds is 3. The lowest BCUT2D eigenvalue weighted by Crippen LogP contribution is -1.95. The molecule has 4 nitrogen and oxygen atoms in total. The van der Waals surface area contributed by atoms with Crippen molar-refractivity contribution in [2.45, 2.75) is 30.5 Å². The van der Waals surface area contributed by atoms with Crippen LogP contribution >= 0.6 is 11.8 Å². The van der Waals surface area contributed by atoms with Crippen molar-refractivity contribution in [2.75, 3.05) is 0 Å². The molecule has 1 N–H and O–H groups in total. The molecule has 2 heterocycles. The number of aliphatic hydroxyl groups is 1. The SMILES string of the molecule is Cc1cc(Sc2ncc(CO)cc2C)n(C)n1. The Morgan fingerprint density at radius 3 is 2.65 bits per heavy atom. The second kappa shape index (κ2) is 4.89. The summed E-state index contributed by atoms with van der Waals surface area (Å²) in [6.45, 7) is 4.00. The standard InChI is InChI=1S/C12H15N3OS/c1-8-4-10(7-16)6-13-12(8)17-11-5-9(2)14-15(11)3/h4-6,16H,7H2,1-3H3. The van der Waals surface area contributed by atoms with Crippen LogP contribution < -0.4 is 0 Å². The Morgan fingerprint density at radius 1 is 1.35 bits per heavy atom. The molecule has 0 unspecified atom stereocenters. The molecule has 90 valence electrons. The molecule has 0 amide bonds. The van der Waals surface area contributed by atoms with Gasteiger partial charge in [0.15, 0.2) is 0 Å². The van der Waals surface area contributed by atoms with Gasteiger partial charge in [-0.3, -0.25) is 4.68 Å². The molecule has 0 aliphatic carbocycles. The highest BCUT2D eigenvalue weighted by Crippen LogP contribution is 2.28. The minimum atomic E-state index is 0.0314. The summed E-state index contributed by atoms with van der Waals surface area (Å²) in [5, 5.41) is 15.3. The number of hydrogen-bond acceptors (Lipinski definition) is 4. The van der Waals surface area contributed by atoms with Crippen LogP contribution in [0.4, 0.5) is 0 Å². The first-order valence-electron chi connectivity index (χ1n) is 5.35. The van der Waals surface area contributed by atoms with Gasteiger partial charge in [-0.15, -0.1) is 0 Å². The van der Waals surface area contributed by atoms with E-state index in [2.05, 4.69) is 10.1 Å². The van der Waals surface area contributed by atoms with Gasteiger partial charge in [0.25, 0.3) is 0 Å². The Hall–Kier alpha value is -1.33. The van der Waals surface area contributed by atoms with E-state index in [1.807, 2.05) is 37.7 Å². The molecule has 0 aromatic carbocycles. The average Bonchev–Trinajstić information content (AvgIpc) is 2.60. The first-order chi connectivity index (χ1) is 8.10. The van der Waals surface area contributed by atoms with Crippen molar-refractivity contribution in [3.05, 3.63) is 35.2 Å². The summed E-state index contributed by atoms with van der Waals surface area (Å²) in [6, 6.07) is 3.99. The summed E-state index contributed by atoms with van der Waals surface area (Å²) in [4.78, 5) is 4.36. The first kappa shape index (κ1) is 12.1. The van der Waals surface area contributed by atoms with Crippen molar-refractivity contribution in [3.8, 4) is 0 Å². The molecular formula is C12H15N3OS. The second-order valence-corrected chi connectivity index (χ2v) is 4.98. The molecule has 0 aliphatic rings. The number of aliphatic hydroxyl groups excluding tert-OH is 1. The molecular weight excluding hydrogens is 234 g/mol. The highest BCUT2D eigenvalue weighted by Gasteiger charge is 2.08. The fourth-order valence-electron chi connectivity index (χ4n) is 1.60. The van der Waals surface area contributed by atoms with Crippen LogP contribution in [0.1, 0.15) is 16.8 Å². The smallest absolute Gasteiger partial charge is 0.105 e. The van der Waals surface area contributed by atoms with Crippen molar-refractivity contribution in [1.29, 1.82) is 0 Å². The Balaban J connectivity index is 2.27. The molecule has 0 fully saturated rings. The molecule has 0 bridgehead atoms. The number of nitrogens with zero attached hydrogens (tertiary/aromatic N) is 3. The van der Waals surface area contributed by atoms with Gasteiger partial charge in [0.1, 0.15) is 10.1 Å². The van der Waals surface area contributed by atoms with Crippen molar-refractivity contribution in [1.82, 2.24) is 14.8 Å². The molecule has 17 heavy (non-hydrogen) atoms. The van der Waals surface area contributed by atoms with Crippen molar-refractivity contribution in [3.63, 3.8) is 0 Å². The largest absolute Gasteiger partial charge is 0.392 e. The highest BCUT2D eigenvalue weighted by molar-refractivity contribution is 7.99. The van der Waals surface area contributed by atoms with E-state index >= 15 is 0 Å². The predicted molar refractivity (Wildman–Crippen MR) is 67.0 cm³/mol. The maximum atomic E-state index is 9.03. The van der Waals surface area contributed by atoms with Gasteiger partial charge < -0.3 is 5.11 Å². The summed E-state index contributed by atoms with van der Waals surface area (Å²) in [5.74, 6) is 0. The number of hydrogen-bond donors (Lipinski definition) is 1. The second-order valence-electron chi connectivity index (χ2n) is 3.97. The lowest BCUT2D eigenvalue weighted by molar-refractivity contribution is 0.281. The predicted octanol–water partition coefficient (Wildman–Crippen LogP) is 2.08. The normalized spacial score (nSPS) is 10.8. The van der Waals surface area contributed by atoms with Gasteiger partial charge in [0.2, 0.25) is 0 Å². The summed E-state index contributed by atoms with van der Waals surface area (Å²) in [5.41, 5.74) is 2.91. The van der Waals surface area contributed by atoms with E-state index in [9.17, 15) is 0 Å². The van der Waals surface area contributed by atoms with Crippen LogP contribution in [0.25, 0.3) is 0 Å². The lowest BCUT2D eigenvalue weighted by atomic mass is 10.2. The Morgan fingerprint density at radius 2 is 2.12 bits per heavy atom. The third-order valence-electron chi connectivity index (χ3n) is 2.43. The number of aryl methyl sites for hydroxylation is 3. The molecule has 0 saturated carbocycles. The monoisotopic (exact) mass is 249 g/mol. The van der Waals surface area contributed by atoms with E-state index in [4.69, 9.17) is 5.11 Å². The molecule has 2 aromatic rings. The molecule has 0 saturated heterocycles. The maximum absolute atomic E-state index is 9.03. The van der Waals surface area contributed by atoms with Crippen LogP contribution in [0, 0.1) is 13.8 Å². The third-order valence-corrected chi connectivity index (χ3v) is 3.64. The minimum absolute atomic E-state index is 0.0314. The zero-order chi connectivity index (χ0) is 12.4. The number of aromatic nitrogens is 3. The van der Waals surface area contributed by atoms with Crippen LogP contribution in [0.2, 0.25) is 0 Å². The average molecular weight is 249 g/mol. The third kappa shape index (κ3) is 2.68. The zero-order valence-electron chi connectivity index (χ0n) is 10.1. The Bertz CT molecular complexity index is 537. The summed E-state index contributed by atoms with van der Waals surface area (Å²) in [7, 11) is 1.92. The fraction of sp³-hybridized carbons (Fsp3) is 0.333. The van der Waals surface area contributed by atoms with Crippen molar-refractivity contribution in [2.24, 2.45) is 7.05 Å². The fourth-order valence-corrected chi connectivity index (χ4v) is 2.52. The summed E-state index contributed by atoms with van der Waals surface area (Å²) in [6.07, 6.45) is 1.71. The minimum Gasteiger partial charge on any atom is -0.392 e. The first-order valence-corrected chi connectivity index (χ1v) is 6.16. The van der Waals surface area contributed by atoms with Gasteiger partial charge in [-0.1, -0.05) is 11.8 Å². The zero-order valence-corrected chi connectivity index (χ0v) is 11.0. The molecule has 2 aromatic heterocycles. The van der Waals surface area contributed by atoms with E-state index in [0.717, 1.165) is 26.9 Å². The van der Waals surface area contributed by atoms with Crippen LogP contribution in [-0.4, -0.2) is 19.9 Å². The molecule has 0 spiro atoms. The van der Waals surface area contributed by atoms with Gasteiger partial charge in [0, 0.05) is 13.2 Å². The van der Waals surface area contributed by atoms with E-state index in [-0.39, 0.29) is 6.61 Å². The van der Waals surface area contributed by atoms with E-state index in [1.54, 1.807) is 18.0 Å².